The van der Waals surface area contributed by atoms with Crippen LogP contribution in [0.5, 0.6) is 5.75 Å². The summed E-state index contributed by atoms with van der Waals surface area (Å²) in [7, 11) is 2.16. The van der Waals surface area contributed by atoms with E-state index in [1.165, 1.54) is 12.8 Å². The lowest BCUT2D eigenvalue weighted by Gasteiger charge is -2.28. The van der Waals surface area contributed by atoms with Gasteiger partial charge in [-0.2, -0.15) is 0 Å². The van der Waals surface area contributed by atoms with E-state index in [1.54, 1.807) is 12.1 Å². The summed E-state index contributed by atoms with van der Waals surface area (Å²) in [6.45, 7) is 3.06. The normalized spacial score (nSPS) is 16.6. The van der Waals surface area contributed by atoms with Crippen molar-refractivity contribution in [1.29, 1.82) is 0 Å². The minimum Gasteiger partial charge on any atom is -0.482 e. The number of amides is 1. The maximum absolute atomic E-state index is 11.7. The van der Waals surface area contributed by atoms with Crippen LogP contribution >= 0.6 is 0 Å². The largest absolute Gasteiger partial charge is 0.482 e. The third-order valence-corrected chi connectivity index (χ3v) is 3.99. The second-order valence-corrected chi connectivity index (χ2v) is 5.71. The van der Waals surface area contributed by atoms with Crippen LogP contribution in [0.4, 0.5) is 5.69 Å². The highest BCUT2D eigenvalue weighted by Gasteiger charge is 2.16. The van der Waals surface area contributed by atoms with E-state index < -0.39 is 0 Å². The summed E-state index contributed by atoms with van der Waals surface area (Å²) in [4.78, 5) is 14.1. The van der Waals surface area contributed by atoms with Crippen LogP contribution in [-0.2, 0) is 4.79 Å². The van der Waals surface area contributed by atoms with Crippen molar-refractivity contribution in [1.82, 2.24) is 10.2 Å². The van der Waals surface area contributed by atoms with E-state index in [2.05, 4.69) is 17.3 Å². The van der Waals surface area contributed by atoms with Crippen LogP contribution in [0.25, 0.3) is 0 Å². The average molecular weight is 291 g/mol. The molecular formula is C16H25N3O2. The molecule has 1 fully saturated rings. The molecule has 21 heavy (non-hydrogen) atoms. The van der Waals surface area contributed by atoms with Crippen molar-refractivity contribution in [3.8, 4) is 5.75 Å². The molecule has 0 unspecified atom stereocenters. The van der Waals surface area contributed by atoms with Crippen molar-refractivity contribution in [3.63, 3.8) is 0 Å². The molecule has 0 atom stereocenters. The first-order valence-corrected chi connectivity index (χ1v) is 7.57. The number of carbonyl (C=O) groups excluding carboxylic acids is 1. The Morgan fingerprint density at radius 1 is 1.38 bits per heavy atom. The molecule has 0 radical (unpaired) electrons. The topological polar surface area (TPSA) is 67.6 Å². The highest BCUT2D eigenvalue weighted by molar-refractivity contribution is 5.77. The number of nitrogens with two attached hydrogens (primary N) is 1. The summed E-state index contributed by atoms with van der Waals surface area (Å²) in [6.07, 6.45) is 3.50. The van der Waals surface area contributed by atoms with Gasteiger partial charge in [0.15, 0.2) is 6.61 Å². The fraction of sp³-hybridized carbons (Fsp3) is 0.562. The van der Waals surface area contributed by atoms with Crippen molar-refractivity contribution in [3.05, 3.63) is 24.3 Å². The van der Waals surface area contributed by atoms with Crippen LogP contribution in [0.2, 0.25) is 0 Å². The van der Waals surface area contributed by atoms with E-state index in [4.69, 9.17) is 10.5 Å². The number of benzene rings is 1. The van der Waals surface area contributed by atoms with Crippen LogP contribution < -0.4 is 15.8 Å². The maximum atomic E-state index is 11.7. The smallest absolute Gasteiger partial charge is 0.257 e. The Balaban J connectivity index is 1.61. The molecule has 1 heterocycles. The van der Waals surface area contributed by atoms with Gasteiger partial charge in [0.1, 0.15) is 5.75 Å². The van der Waals surface area contributed by atoms with Crippen molar-refractivity contribution < 1.29 is 9.53 Å². The van der Waals surface area contributed by atoms with Gasteiger partial charge in [-0.1, -0.05) is 12.1 Å². The Bertz CT molecular complexity index is 457. The maximum Gasteiger partial charge on any atom is 0.257 e. The lowest BCUT2D eigenvalue weighted by atomic mass is 9.94. The highest BCUT2D eigenvalue weighted by atomic mass is 16.5. The first kappa shape index (κ1) is 15.6. The SMILES string of the molecule is CN1CCC(CCNC(=O)COc2ccccc2N)CC1. The van der Waals surface area contributed by atoms with E-state index in [0.717, 1.165) is 32.0 Å². The Kier molecular flexibility index (Phi) is 5.87. The number of nitrogens with zero attached hydrogens (tertiary/aromatic N) is 1. The molecule has 1 aliphatic rings. The zero-order chi connectivity index (χ0) is 15.1. The molecule has 0 saturated carbocycles. The van der Waals surface area contributed by atoms with Gasteiger partial charge < -0.3 is 20.7 Å². The zero-order valence-electron chi connectivity index (χ0n) is 12.7. The summed E-state index contributed by atoms with van der Waals surface area (Å²) in [6, 6.07) is 7.20. The summed E-state index contributed by atoms with van der Waals surface area (Å²) in [5, 5.41) is 2.91. The summed E-state index contributed by atoms with van der Waals surface area (Å²) >= 11 is 0. The molecule has 1 aromatic rings. The fourth-order valence-electron chi connectivity index (χ4n) is 2.57. The van der Waals surface area contributed by atoms with Crippen molar-refractivity contribution in [2.24, 2.45) is 5.92 Å². The quantitative estimate of drug-likeness (QED) is 0.779. The number of para-hydroxylation sites is 2. The number of anilines is 1. The van der Waals surface area contributed by atoms with Crippen LogP contribution in [0.1, 0.15) is 19.3 Å². The Morgan fingerprint density at radius 2 is 2.10 bits per heavy atom. The number of rotatable bonds is 6. The molecule has 1 amide bonds. The van der Waals surface area contributed by atoms with Crippen LogP contribution in [0.3, 0.4) is 0 Å². The predicted molar refractivity (Wildman–Crippen MR) is 84.2 cm³/mol. The van der Waals surface area contributed by atoms with Crippen molar-refractivity contribution in [2.45, 2.75) is 19.3 Å². The number of hydrogen-bond acceptors (Lipinski definition) is 4. The monoisotopic (exact) mass is 291 g/mol. The molecule has 2 rings (SSSR count). The van der Waals surface area contributed by atoms with Gasteiger partial charge in [0.2, 0.25) is 0 Å². The Morgan fingerprint density at radius 3 is 2.81 bits per heavy atom. The van der Waals surface area contributed by atoms with Crippen LogP contribution in [0.15, 0.2) is 24.3 Å². The van der Waals surface area contributed by atoms with E-state index >= 15 is 0 Å². The first-order valence-electron chi connectivity index (χ1n) is 7.57. The number of nitrogen functional groups attached to an aromatic ring is 1. The number of likely N-dealkylation sites (tertiary alicyclic amines) is 1. The van der Waals surface area contributed by atoms with Gasteiger partial charge in [0, 0.05) is 6.54 Å². The lowest BCUT2D eigenvalue weighted by Crippen LogP contribution is -2.34. The van der Waals surface area contributed by atoms with E-state index in [1.807, 2.05) is 12.1 Å². The molecular weight excluding hydrogens is 266 g/mol. The summed E-state index contributed by atoms with van der Waals surface area (Å²) < 4.78 is 5.41. The van der Waals surface area contributed by atoms with Gasteiger partial charge >= 0.3 is 0 Å². The summed E-state index contributed by atoms with van der Waals surface area (Å²) in [5.74, 6) is 1.20. The van der Waals surface area contributed by atoms with E-state index in [9.17, 15) is 4.79 Å². The van der Waals surface area contributed by atoms with Crippen LogP contribution in [-0.4, -0.2) is 44.1 Å². The van der Waals surface area contributed by atoms with Gasteiger partial charge in [-0.15, -0.1) is 0 Å². The van der Waals surface area contributed by atoms with Crippen molar-refractivity contribution in [2.75, 3.05) is 39.0 Å². The van der Waals surface area contributed by atoms with Gasteiger partial charge in [-0.3, -0.25) is 4.79 Å². The predicted octanol–water partition coefficient (Wildman–Crippen LogP) is 1.50. The molecule has 116 valence electrons. The average Bonchev–Trinajstić information content (AvgIpc) is 2.48. The number of nitrogens with one attached hydrogen (secondary N) is 1. The molecule has 5 heteroatoms. The summed E-state index contributed by atoms with van der Waals surface area (Å²) in [5.41, 5.74) is 6.31. The van der Waals surface area contributed by atoms with Gasteiger partial charge in [-0.05, 0) is 57.5 Å². The number of ether oxygens (including phenoxy) is 1. The minimum atomic E-state index is -0.0915. The second-order valence-electron chi connectivity index (χ2n) is 5.71. The third-order valence-electron chi connectivity index (χ3n) is 3.99. The number of carbonyl (C=O) groups is 1. The first-order chi connectivity index (χ1) is 10.1. The highest BCUT2D eigenvalue weighted by Crippen LogP contribution is 2.20. The molecule has 1 saturated heterocycles. The lowest BCUT2D eigenvalue weighted by molar-refractivity contribution is -0.123. The third kappa shape index (κ3) is 5.27. The Labute approximate surface area is 126 Å². The van der Waals surface area contributed by atoms with Gasteiger partial charge in [0.05, 0.1) is 5.69 Å². The molecule has 5 nitrogen and oxygen atoms in total. The van der Waals surface area contributed by atoms with Crippen molar-refractivity contribution >= 4 is 11.6 Å². The minimum absolute atomic E-state index is 0.0155. The second kappa shape index (κ2) is 7.88. The molecule has 0 spiro atoms. The number of hydrogen-bond donors (Lipinski definition) is 2. The van der Waals surface area contributed by atoms with E-state index in [-0.39, 0.29) is 12.5 Å². The van der Waals surface area contributed by atoms with Gasteiger partial charge in [-0.25, -0.2) is 0 Å². The number of piperidine rings is 1. The molecule has 0 aliphatic carbocycles. The molecule has 0 aromatic heterocycles. The van der Waals surface area contributed by atoms with E-state index in [0.29, 0.717) is 11.4 Å². The fourth-order valence-corrected chi connectivity index (χ4v) is 2.57. The molecule has 1 aliphatic heterocycles. The standard InChI is InChI=1S/C16H25N3O2/c1-19-10-7-13(8-11-19)6-9-18-16(20)12-21-15-5-3-2-4-14(15)17/h2-5,13H,6-12,17H2,1H3,(H,18,20). The molecule has 1 aromatic carbocycles. The Hall–Kier alpha value is -1.75. The molecule has 3 N–H and O–H groups in total. The van der Waals surface area contributed by atoms with Crippen LogP contribution in [0, 0.1) is 5.92 Å². The zero-order valence-corrected chi connectivity index (χ0v) is 12.7. The van der Waals surface area contributed by atoms with Gasteiger partial charge in [0.25, 0.3) is 5.91 Å². The molecule has 0 bridgehead atoms.